The molecule has 3 aromatic rings. The third kappa shape index (κ3) is 4.35. The molecule has 2 aromatic heterocycles. The van der Waals surface area contributed by atoms with Gasteiger partial charge in [-0.3, -0.25) is 20.4 Å². The van der Waals surface area contributed by atoms with E-state index >= 15 is 0 Å². The molecule has 4 rings (SSSR count). The monoisotopic (exact) mass is 443 g/mol. The molecule has 30 heavy (non-hydrogen) atoms. The summed E-state index contributed by atoms with van der Waals surface area (Å²) in [5.74, 6) is -0.788. The van der Waals surface area contributed by atoms with Crippen LogP contribution in [-0.4, -0.2) is 48.1 Å². The summed E-state index contributed by atoms with van der Waals surface area (Å²) in [6, 6.07) is 9.50. The molecule has 8 nitrogen and oxygen atoms in total. The maximum atomic E-state index is 12.7. The Kier molecular flexibility index (Phi) is 6.07. The fourth-order valence-corrected chi connectivity index (χ4v) is 4.93. The van der Waals surface area contributed by atoms with E-state index in [0.717, 1.165) is 28.8 Å². The van der Waals surface area contributed by atoms with Gasteiger partial charge in [0.25, 0.3) is 11.8 Å². The zero-order valence-electron chi connectivity index (χ0n) is 16.6. The van der Waals surface area contributed by atoms with Gasteiger partial charge < -0.3 is 9.64 Å². The van der Waals surface area contributed by atoms with Crippen LogP contribution < -0.4 is 15.8 Å². The number of hydrazine groups is 1. The minimum atomic E-state index is -0.400. The Morgan fingerprint density at radius 3 is 2.33 bits per heavy atom. The van der Waals surface area contributed by atoms with Gasteiger partial charge in [0.2, 0.25) is 0 Å². The second kappa shape index (κ2) is 8.90. The standard InChI is InChI=1S/C20H21N5O3S2/c1-12-16(30-20(21-12)25-8-10-28-11-9-25)18(26)23-24-19(27)17-15(22-13(2)29-17)14-6-4-3-5-7-14/h3-7H,8-11H2,1-2H3,(H,23,26)(H,24,27). The van der Waals surface area contributed by atoms with E-state index in [9.17, 15) is 9.59 Å². The van der Waals surface area contributed by atoms with Crippen molar-refractivity contribution in [3.05, 3.63) is 50.8 Å². The van der Waals surface area contributed by atoms with Gasteiger partial charge in [0.05, 0.1) is 29.6 Å². The van der Waals surface area contributed by atoms with Crippen molar-refractivity contribution < 1.29 is 14.3 Å². The zero-order chi connectivity index (χ0) is 21.1. The predicted octanol–water partition coefficient (Wildman–Crippen LogP) is 2.79. The van der Waals surface area contributed by atoms with Crippen LogP contribution in [0.15, 0.2) is 30.3 Å². The summed E-state index contributed by atoms with van der Waals surface area (Å²) in [5, 5.41) is 1.57. The van der Waals surface area contributed by atoms with Gasteiger partial charge in [-0.15, -0.1) is 11.3 Å². The van der Waals surface area contributed by atoms with Crippen molar-refractivity contribution in [3.63, 3.8) is 0 Å². The number of hydrogen-bond donors (Lipinski definition) is 2. The Balaban J connectivity index is 1.45. The maximum Gasteiger partial charge on any atom is 0.282 e. The number of ether oxygens (including phenoxy) is 1. The number of nitrogens with one attached hydrogen (secondary N) is 2. The highest BCUT2D eigenvalue weighted by Crippen LogP contribution is 2.28. The third-order valence-electron chi connectivity index (χ3n) is 4.55. The van der Waals surface area contributed by atoms with Gasteiger partial charge in [0.1, 0.15) is 9.75 Å². The molecule has 0 unspecified atom stereocenters. The highest BCUT2D eigenvalue weighted by atomic mass is 32.1. The van der Waals surface area contributed by atoms with Gasteiger partial charge in [-0.05, 0) is 13.8 Å². The van der Waals surface area contributed by atoms with E-state index < -0.39 is 5.91 Å². The number of carbonyl (C=O) groups is 2. The average Bonchev–Trinajstić information content (AvgIpc) is 3.36. The van der Waals surface area contributed by atoms with Crippen LogP contribution in [0.25, 0.3) is 11.3 Å². The smallest absolute Gasteiger partial charge is 0.282 e. The van der Waals surface area contributed by atoms with Crippen LogP contribution in [0.2, 0.25) is 0 Å². The summed E-state index contributed by atoms with van der Waals surface area (Å²) in [4.78, 5) is 37.4. The largest absolute Gasteiger partial charge is 0.378 e. The van der Waals surface area contributed by atoms with Crippen molar-refractivity contribution in [2.45, 2.75) is 13.8 Å². The summed E-state index contributed by atoms with van der Waals surface area (Å²) < 4.78 is 5.36. The lowest BCUT2D eigenvalue weighted by Crippen LogP contribution is -2.41. The minimum Gasteiger partial charge on any atom is -0.378 e. The van der Waals surface area contributed by atoms with Crippen LogP contribution in [0.5, 0.6) is 0 Å². The first-order chi connectivity index (χ1) is 14.5. The van der Waals surface area contributed by atoms with E-state index in [4.69, 9.17) is 4.74 Å². The molecule has 0 spiro atoms. The molecule has 0 atom stereocenters. The van der Waals surface area contributed by atoms with E-state index in [1.165, 1.54) is 22.7 Å². The topological polar surface area (TPSA) is 96.5 Å². The third-order valence-corrected chi connectivity index (χ3v) is 6.74. The Bertz CT molecular complexity index is 1060. The van der Waals surface area contributed by atoms with Gasteiger partial charge in [-0.25, -0.2) is 9.97 Å². The van der Waals surface area contributed by atoms with Crippen molar-refractivity contribution in [1.82, 2.24) is 20.8 Å². The summed E-state index contributed by atoms with van der Waals surface area (Å²) in [5.41, 5.74) is 7.11. The Hall–Kier alpha value is -2.82. The molecule has 3 heterocycles. The van der Waals surface area contributed by atoms with Gasteiger partial charge in [-0.2, -0.15) is 0 Å². The van der Waals surface area contributed by atoms with E-state index in [-0.39, 0.29) is 5.91 Å². The number of thiazole rings is 2. The van der Waals surface area contributed by atoms with Crippen molar-refractivity contribution in [3.8, 4) is 11.3 Å². The number of amides is 2. The number of hydrogen-bond acceptors (Lipinski definition) is 8. The van der Waals surface area contributed by atoms with E-state index in [0.29, 0.717) is 34.4 Å². The first kappa shape index (κ1) is 20.5. The molecule has 0 aliphatic carbocycles. The van der Waals surface area contributed by atoms with Crippen LogP contribution in [0.4, 0.5) is 5.13 Å². The van der Waals surface area contributed by atoms with E-state index in [2.05, 4.69) is 25.7 Å². The van der Waals surface area contributed by atoms with Crippen LogP contribution in [0.3, 0.4) is 0 Å². The predicted molar refractivity (Wildman–Crippen MR) is 117 cm³/mol. The summed E-state index contributed by atoms with van der Waals surface area (Å²) in [7, 11) is 0. The van der Waals surface area contributed by atoms with Gasteiger partial charge >= 0.3 is 0 Å². The number of morpholine rings is 1. The van der Waals surface area contributed by atoms with E-state index in [1.54, 1.807) is 6.92 Å². The first-order valence-corrected chi connectivity index (χ1v) is 11.1. The highest BCUT2D eigenvalue weighted by molar-refractivity contribution is 7.17. The van der Waals surface area contributed by atoms with Crippen LogP contribution >= 0.6 is 22.7 Å². The molecule has 0 bridgehead atoms. The summed E-state index contributed by atoms with van der Waals surface area (Å²) >= 11 is 2.60. The summed E-state index contributed by atoms with van der Waals surface area (Å²) in [6.07, 6.45) is 0. The van der Waals surface area contributed by atoms with Crippen LogP contribution in [0.1, 0.15) is 30.0 Å². The maximum absolute atomic E-state index is 12.7. The molecule has 1 aliphatic rings. The molecule has 0 saturated carbocycles. The molecular weight excluding hydrogens is 422 g/mol. The minimum absolute atomic E-state index is 0.389. The van der Waals surface area contributed by atoms with Gasteiger partial charge in [-0.1, -0.05) is 41.7 Å². The number of carbonyl (C=O) groups excluding carboxylic acids is 2. The Morgan fingerprint density at radius 2 is 1.63 bits per heavy atom. The number of aryl methyl sites for hydroxylation is 2. The zero-order valence-corrected chi connectivity index (χ0v) is 18.2. The molecule has 10 heteroatoms. The van der Waals surface area contributed by atoms with Crippen LogP contribution in [-0.2, 0) is 4.74 Å². The van der Waals surface area contributed by atoms with Gasteiger partial charge in [0.15, 0.2) is 5.13 Å². The highest BCUT2D eigenvalue weighted by Gasteiger charge is 2.22. The first-order valence-electron chi connectivity index (χ1n) is 9.46. The molecule has 2 amide bonds. The number of nitrogens with zero attached hydrogens (tertiary/aromatic N) is 3. The fraction of sp³-hybridized carbons (Fsp3) is 0.300. The molecule has 1 fully saturated rings. The molecule has 2 N–H and O–H groups in total. The van der Waals surface area contributed by atoms with Crippen molar-refractivity contribution in [2.75, 3.05) is 31.2 Å². The van der Waals surface area contributed by atoms with Crippen molar-refractivity contribution in [2.24, 2.45) is 0 Å². The quantitative estimate of drug-likeness (QED) is 0.602. The van der Waals surface area contributed by atoms with Gasteiger partial charge in [0, 0.05) is 18.7 Å². The molecule has 156 valence electrons. The summed E-state index contributed by atoms with van der Waals surface area (Å²) in [6.45, 7) is 6.43. The molecule has 1 saturated heterocycles. The average molecular weight is 444 g/mol. The van der Waals surface area contributed by atoms with Crippen LogP contribution in [0, 0.1) is 13.8 Å². The molecule has 0 radical (unpaired) electrons. The molecular formula is C20H21N5O3S2. The fourth-order valence-electron chi connectivity index (χ4n) is 3.08. The number of benzene rings is 1. The van der Waals surface area contributed by atoms with Crippen molar-refractivity contribution in [1.29, 1.82) is 0 Å². The number of aromatic nitrogens is 2. The molecule has 1 aliphatic heterocycles. The second-order valence-electron chi connectivity index (χ2n) is 6.70. The number of rotatable bonds is 4. The Morgan fingerprint density at radius 1 is 0.967 bits per heavy atom. The number of anilines is 1. The van der Waals surface area contributed by atoms with Crippen molar-refractivity contribution >= 4 is 39.6 Å². The normalized spacial score (nSPS) is 13.9. The lowest BCUT2D eigenvalue weighted by molar-refractivity contribution is 0.0851. The lowest BCUT2D eigenvalue weighted by atomic mass is 10.1. The molecule has 1 aromatic carbocycles. The van der Waals surface area contributed by atoms with E-state index in [1.807, 2.05) is 37.3 Å². The Labute approximate surface area is 181 Å². The lowest BCUT2D eigenvalue weighted by Gasteiger charge is -2.25. The SMILES string of the molecule is Cc1nc(-c2ccccc2)c(C(=O)NNC(=O)c2sc(N3CCOCC3)nc2C)s1. The second-order valence-corrected chi connectivity index (χ2v) is 8.88.